The fourth-order valence-electron chi connectivity index (χ4n) is 2.00. The number of hydrogen-bond acceptors (Lipinski definition) is 5. The number of thioether (sulfide) groups is 1. The van der Waals surface area contributed by atoms with E-state index in [-0.39, 0.29) is 11.7 Å². The van der Waals surface area contributed by atoms with E-state index in [1.165, 1.54) is 11.8 Å². The maximum atomic E-state index is 11.8. The van der Waals surface area contributed by atoms with Crippen molar-refractivity contribution in [1.82, 2.24) is 20.5 Å². The number of amides is 1. The molecule has 0 saturated carbocycles. The second kappa shape index (κ2) is 11.5. The van der Waals surface area contributed by atoms with Crippen LogP contribution in [-0.2, 0) is 9.53 Å². The molecule has 0 aliphatic carbocycles. The van der Waals surface area contributed by atoms with Crippen molar-refractivity contribution in [1.29, 1.82) is 0 Å². The van der Waals surface area contributed by atoms with Crippen LogP contribution >= 0.6 is 11.8 Å². The maximum absolute atomic E-state index is 11.8. The van der Waals surface area contributed by atoms with Gasteiger partial charge in [0, 0.05) is 13.2 Å². The third kappa shape index (κ3) is 8.31. The van der Waals surface area contributed by atoms with Crippen molar-refractivity contribution in [2.24, 2.45) is 5.92 Å². The highest BCUT2D eigenvalue weighted by atomic mass is 32.2. The summed E-state index contributed by atoms with van der Waals surface area (Å²) in [6, 6.07) is 9.97. The summed E-state index contributed by atoms with van der Waals surface area (Å²) in [4.78, 5) is 16.1. The Balaban J connectivity index is 1.63. The van der Waals surface area contributed by atoms with Gasteiger partial charge in [-0.15, -0.1) is 5.10 Å². The van der Waals surface area contributed by atoms with Crippen LogP contribution in [0, 0.1) is 5.92 Å². The summed E-state index contributed by atoms with van der Waals surface area (Å²) in [6.07, 6.45) is 4.86. The largest absolute Gasteiger partial charge is 0.380 e. The summed E-state index contributed by atoms with van der Waals surface area (Å²) in [5, 5.41) is 10.3. The average Bonchev–Trinajstić information content (AvgIpc) is 3.10. The van der Waals surface area contributed by atoms with Crippen molar-refractivity contribution in [3.63, 3.8) is 0 Å². The van der Waals surface area contributed by atoms with Crippen LogP contribution in [0.5, 0.6) is 0 Å². The van der Waals surface area contributed by atoms with Crippen LogP contribution in [0.3, 0.4) is 0 Å². The van der Waals surface area contributed by atoms with Crippen molar-refractivity contribution in [3.8, 4) is 0 Å². The van der Waals surface area contributed by atoms with Crippen LogP contribution in [0.2, 0.25) is 0 Å². The number of H-pyrrole nitrogens is 1. The molecule has 0 unspecified atom stereocenters. The molecular weight excluding hydrogens is 348 g/mol. The predicted molar refractivity (Wildman–Crippen MR) is 106 cm³/mol. The Morgan fingerprint density at radius 1 is 1.27 bits per heavy atom. The smallest absolute Gasteiger partial charge is 0.230 e. The summed E-state index contributed by atoms with van der Waals surface area (Å²) in [5.41, 5.74) is 1.09. The molecule has 2 aromatic rings. The quantitative estimate of drug-likeness (QED) is 0.466. The van der Waals surface area contributed by atoms with Gasteiger partial charge in [0.05, 0.1) is 12.4 Å². The van der Waals surface area contributed by atoms with Gasteiger partial charge in [0.2, 0.25) is 11.1 Å². The molecule has 0 bridgehead atoms. The Morgan fingerprint density at radius 2 is 2.08 bits per heavy atom. The molecule has 1 amide bonds. The minimum absolute atomic E-state index is 0.0476. The van der Waals surface area contributed by atoms with E-state index in [9.17, 15) is 4.79 Å². The molecule has 0 atom stereocenters. The number of benzene rings is 1. The standard InChI is InChI=1S/C19H26N4O2S/c1-15(2)10-12-25-13-11-20-18(24)14-26-19-21-17(22-23-19)9-8-16-6-4-3-5-7-16/h3-9,15H,10-14H2,1-2H3,(H,20,24)(H,21,22,23)/b9-8+. The first kappa shape index (κ1) is 20.2. The van der Waals surface area contributed by atoms with E-state index >= 15 is 0 Å². The average molecular weight is 375 g/mol. The van der Waals surface area contributed by atoms with Crippen molar-refractivity contribution in [2.45, 2.75) is 25.4 Å². The first-order valence-corrected chi connectivity index (χ1v) is 9.75. The molecule has 0 saturated heterocycles. The molecule has 140 valence electrons. The lowest BCUT2D eigenvalue weighted by Gasteiger charge is -2.07. The number of ether oxygens (including phenoxy) is 1. The molecule has 2 rings (SSSR count). The lowest BCUT2D eigenvalue weighted by molar-refractivity contribution is -0.118. The summed E-state index contributed by atoms with van der Waals surface area (Å²) in [7, 11) is 0. The Bertz CT molecular complexity index is 686. The molecule has 0 aliphatic rings. The molecular formula is C19H26N4O2S. The number of hydrogen-bond donors (Lipinski definition) is 2. The highest BCUT2D eigenvalue weighted by Gasteiger charge is 2.06. The zero-order valence-corrected chi connectivity index (χ0v) is 16.1. The zero-order valence-electron chi connectivity index (χ0n) is 15.3. The normalized spacial score (nSPS) is 11.3. The van der Waals surface area contributed by atoms with Crippen molar-refractivity contribution in [2.75, 3.05) is 25.5 Å². The molecule has 1 aromatic carbocycles. The number of nitrogens with one attached hydrogen (secondary N) is 2. The highest BCUT2D eigenvalue weighted by Crippen LogP contribution is 2.13. The first-order chi connectivity index (χ1) is 12.6. The van der Waals surface area contributed by atoms with Crippen LogP contribution in [-0.4, -0.2) is 46.6 Å². The summed E-state index contributed by atoms with van der Waals surface area (Å²) in [5.74, 6) is 1.53. The number of carbonyl (C=O) groups is 1. The summed E-state index contributed by atoms with van der Waals surface area (Å²) < 4.78 is 5.47. The molecule has 0 radical (unpaired) electrons. The van der Waals surface area contributed by atoms with Crippen LogP contribution in [0.15, 0.2) is 35.5 Å². The van der Waals surface area contributed by atoms with Crippen molar-refractivity contribution in [3.05, 3.63) is 41.7 Å². The third-order valence-corrected chi connectivity index (χ3v) is 4.30. The molecule has 6 nitrogen and oxygen atoms in total. The van der Waals surface area contributed by atoms with E-state index in [1.54, 1.807) is 0 Å². The van der Waals surface area contributed by atoms with Gasteiger partial charge in [0.15, 0.2) is 0 Å². The Morgan fingerprint density at radius 3 is 2.85 bits per heavy atom. The Kier molecular flexibility index (Phi) is 8.92. The van der Waals surface area contributed by atoms with Crippen LogP contribution in [0.25, 0.3) is 12.2 Å². The van der Waals surface area contributed by atoms with E-state index in [1.807, 2.05) is 42.5 Å². The van der Waals surface area contributed by atoms with Crippen LogP contribution in [0.4, 0.5) is 0 Å². The predicted octanol–water partition coefficient (Wildman–Crippen LogP) is 3.25. The van der Waals surface area contributed by atoms with E-state index in [2.05, 4.69) is 34.3 Å². The van der Waals surface area contributed by atoms with E-state index < -0.39 is 0 Å². The van der Waals surface area contributed by atoms with Gasteiger partial charge in [-0.2, -0.15) is 0 Å². The van der Waals surface area contributed by atoms with Gasteiger partial charge in [-0.05, 0) is 24.0 Å². The van der Waals surface area contributed by atoms with E-state index in [0.29, 0.717) is 30.1 Å². The molecule has 26 heavy (non-hydrogen) atoms. The highest BCUT2D eigenvalue weighted by molar-refractivity contribution is 7.99. The topological polar surface area (TPSA) is 79.9 Å². The second-order valence-corrected chi connectivity index (χ2v) is 7.12. The van der Waals surface area contributed by atoms with Crippen molar-refractivity contribution < 1.29 is 9.53 Å². The molecule has 7 heteroatoms. The van der Waals surface area contributed by atoms with Gasteiger partial charge in [0.25, 0.3) is 0 Å². The summed E-state index contributed by atoms with van der Waals surface area (Å²) in [6.45, 7) is 6.12. The number of rotatable bonds is 11. The third-order valence-electron chi connectivity index (χ3n) is 3.46. The SMILES string of the molecule is CC(C)CCOCCNC(=O)CSc1n[nH]c(/C=C/c2ccccc2)n1. The minimum Gasteiger partial charge on any atom is -0.380 e. The number of carbonyl (C=O) groups excluding carboxylic acids is 1. The molecule has 0 aliphatic heterocycles. The van der Waals surface area contributed by atoms with E-state index in [0.717, 1.165) is 18.6 Å². The molecule has 0 spiro atoms. The van der Waals surface area contributed by atoms with Gasteiger partial charge in [-0.1, -0.05) is 62.0 Å². The second-order valence-electron chi connectivity index (χ2n) is 6.18. The monoisotopic (exact) mass is 374 g/mol. The first-order valence-electron chi connectivity index (χ1n) is 8.76. The fourth-order valence-corrected chi connectivity index (χ4v) is 2.64. The summed E-state index contributed by atoms with van der Waals surface area (Å²) >= 11 is 1.30. The van der Waals surface area contributed by atoms with Gasteiger partial charge in [-0.25, -0.2) is 4.98 Å². The lowest BCUT2D eigenvalue weighted by Crippen LogP contribution is -2.28. The van der Waals surface area contributed by atoms with Gasteiger partial charge >= 0.3 is 0 Å². The van der Waals surface area contributed by atoms with Crippen LogP contribution < -0.4 is 5.32 Å². The van der Waals surface area contributed by atoms with Crippen molar-refractivity contribution >= 4 is 29.8 Å². The molecule has 1 heterocycles. The Labute approximate surface area is 158 Å². The number of aromatic amines is 1. The molecule has 0 fully saturated rings. The van der Waals surface area contributed by atoms with Gasteiger partial charge in [0.1, 0.15) is 5.82 Å². The van der Waals surface area contributed by atoms with Gasteiger partial charge in [-0.3, -0.25) is 9.89 Å². The molecule has 1 aromatic heterocycles. The lowest BCUT2D eigenvalue weighted by atomic mass is 10.1. The number of nitrogens with zero attached hydrogens (tertiary/aromatic N) is 2. The fraction of sp³-hybridized carbons (Fsp3) is 0.421. The zero-order chi connectivity index (χ0) is 18.6. The number of aromatic nitrogens is 3. The maximum Gasteiger partial charge on any atom is 0.230 e. The van der Waals surface area contributed by atoms with Crippen LogP contribution in [0.1, 0.15) is 31.7 Å². The van der Waals surface area contributed by atoms with E-state index in [4.69, 9.17) is 4.74 Å². The molecule has 2 N–H and O–H groups in total. The van der Waals surface area contributed by atoms with Gasteiger partial charge < -0.3 is 10.1 Å². The minimum atomic E-state index is -0.0476. The Hall–Kier alpha value is -2.12.